The number of hydrogen-bond donors (Lipinski definition) is 0. The van der Waals surface area contributed by atoms with Crippen molar-refractivity contribution in [3.8, 4) is 0 Å². The second-order valence-corrected chi connectivity index (χ2v) is 7.32. The predicted molar refractivity (Wildman–Crippen MR) is 82.5 cm³/mol. The number of allylic oxidation sites excluding steroid dienone is 2. The first-order chi connectivity index (χ1) is 8.52. The van der Waals surface area contributed by atoms with E-state index >= 15 is 0 Å². The third-order valence-electron chi connectivity index (χ3n) is 3.02. The van der Waals surface area contributed by atoms with Crippen molar-refractivity contribution in [2.75, 3.05) is 0 Å². The van der Waals surface area contributed by atoms with Crippen LogP contribution in [0.5, 0.6) is 0 Å². The molecule has 0 saturated carbocycles. The third kappa shape index (κ3) is 4.34. The zero-order valence-electron chi connectivity index (χ0n) is 13.3. The molecule has 0 fully saturated rings. The standard InChI is InChI=1S/C18H26O/c1-13-10-8-9-11-14(13)16(19)15(18(5,6)7)12-17(2,3)4/h8-12H,1-7H3/b15-12-. The second-order valence-electron chi connectivity index (χ2n) is 7.32. The monoisotopic (exact) mass is 258 g/mol. The van der Waals surface area contributed by atoms with Crippen LogP contribution in [0.3, 0.4) is 0 Å². The smallest absolute Gasteiger partial charge is 0.189 e. The second kappa shape index (κ2) is 5.32. The zero-order chi connectivity index (χ0) is 14.8. The van der Waals surface area contributed by atoms with Crippen molar-refractivity contribution in [3.05, 3.63) is 47.0 Å². The van der Waals surface area contributed by atoms with Crippen molar-refractivity contribution in [1.82, 2.24) is 0 Å². The minimum atomic E-state index is -0.146. The first-order valence-corrected chi connectivity index (χ1v) is 6.86. The Hall–Kier alpha value is -1.37. The van der Waals surface area contributed by atoms with E-state index in [-0.39, 0.29) is 16.6 Å². The van der Waals surface area contributed by atoms with Gasteiger partial charge in [-0.15, -0.1) is 0 Å². The fourth-order valence-corrected chi connectivity index (χ4v) is 2.03. The van der Waals surface area contributed by atoms with Gasteiger partial charge in [0.2, 0.25) is 0 Å². The van der Waals surface area contributed by atoms with Gasteiger partial charge in [0.1, 0.15) is 0 Å². The predicted octanol–water partition coefficient (Wildman–Crippen LogP) is 5.20. The van der Waals surface area contributed by atoms with Gasteiger partial charge in [-0.05, 0) is 23.3 Å². The van der Waals surface area contributed by atoms with Crippen LogP contribution in [0, 0.1) is 17.8 Å². The quantitative estimate of drug-likeness (QED) is 0.526. The number of Topliss-reactive ketones (excluding diaryl/α,β-unsaturated/α-hetero) is 1. The normalized spacial score (nSPS) is 13.5. The van der Waals surface area contributed by atoms with Gasteiger partial charge in [-0.2, -0.15) is 0 Å². The molecule has 1 rings (SSSR count). The Morgan fingerprint density at radius 1 is 1.00 bits per heavy atom. The van der Waals surface area contributed by atoms with Gasteiger partial charge < -0.3 is 0 Å². The van der Waals surface area contributed by atoms with Crippen LogP contribution in [0.4, 0.5) is 0 Å². The average Bonchev–Trinajstić information content (AvgIpc) is 2.23. The van der Waals surface area contributed by atoms with Crippen LogP contribution in [0.1, 0.15) is 57.5 Å². The van der Waals surface area contributed by atoms with Gasteiger partial charge in [0.05, 0.1) is 0 Å². The van der Waals surface area contributed by atoms with Crippen molar-refractivity contribution in [2.24, 2.45) is 10.8 Å². The first kappa shape index (κ1) is 15.7. The Morgan fingerprint density at radius 3 is 1.95 bits per heavy atom. The summed E-state index contributed by atoms with van der Waals surface area (Å²) in [6.07, 6.45) is 2.11. The number of carbonyl (C=O) groups excluding carboxylic acids is 1. The lowest BCUT2D eigenvalue weighted by molar-refractivity contribution is 0.101. The van der Waals surface area contributed by atoms with E-state index in [2.05, 4.69) is 47.6 Å². The van der Waals surface area contributed by atoms with Crippen LogP contribution in [-0.4, -0.2) is 5.78 Å². The Labute approximate surface area is 117 Å². The summed E-state index contributed by atoms with van der Waals surface area (Å²) >= 11 is 0. The molecule has 0 aliphatic heterocycles. The Morgan fingerprint density at radius 2 is 1.53 bits per heavy atom. The van der Waals surface area contributed by atoms with Crippen molar-refractivity contribution in [1.29, 1.82) is 0 Å². The van der Waals surface area contributed by atoms with Crippen LogP contribution >= 0.6 is 0 Å². The maximum atomic E-state index is 12.8. The maximum absolute atomic E-state index is 12.8. The molecular weight excluding hydrogens is 232 g/mol. The number of rotatable bonds is 2. The fraction of sp³-hybridized carbons (Fsp3) is 0.500. The first-order valence-electron chi connectivity index (χ1n) is 6.86. The lowest BCUT2D eigenvalue weighted by Crippen LogP contribution is -2.21. The van der Waals surface area contributed by atoms with Gasteiger partial charge in [0, 0.05) is 11.1 Å². The average molecular weight is 258 g/mol. The topological polar surface area (TPSA) is 17.1 Å². The molecule has 0 bridgehead atoms. The number of hydrogen-bond acceptors (Lipinski definition) is 1. The maximum Gasteiger partial charge on any atom is 0.189 e. The molecule has 0 atom stereocenters. The zero-order valence-corrected chi connectivity index (χ0v) is 13.3. The molecule has 1 aromatic carbocycles. The summed E-state index contributed by atoms with van der Waals surface area (Å²) in [7, 11) is 0. The molecule has 1 nitrogen and oxygen atoms in total. The molecule has 1 aromatic rings. The molecule has 0 amide bonds. The lowest BCUT2D eigenvalue weighted by atomic mass is 9.77. The van der Waals surface area contributed by atoms with Crippen LogP contribution in [0.2, 0.25) is 0 Å². The highest BCUT2D eigenvalue weighted by Crippen LogP contribution is 2.33. The molecule has 0 heterocycles. The van der Waals surface area contributed by atoms with Crippen LogP contribution in [0.15, 0.2) is 35.9 Å². The minimum Gasteiger partial charge on any atom is -0.289 e. The van der Waals surface area contributed by atoms with E-state index in [1.165, 1.54) is 0 Å². The summed E-state index contributed by atoms with van der Waals surface area (Å²) < 4.78 is 0. The summed E-state index contributed by atoms with van der Waals surface area (Å²) in [4.78, 5) is 12.8. The van der Waals surface area contributed by atoms with Crippen LogP contribution in [0.25, 0.3) is 0 Å². The Kier molecular flexibility index (Phi) is 4.39. The number of aryl methyl sites for hydroxylation is 1. The molecule has 1 heteroatoms. The van der Waals surface area contributed by atoms with E-state index in [1.54, 1.807) is 0 Å². The van der Waals surface area contributed by atoms with Gasteiger partial charge in [-0.25, -0.2) is 0 Å². The van der Waals surface area contributed by atoms with E-state index < -0.39 is 0 Å². The largest absolute Gasteiger partial charge is 0.289 e. The summed E-state index contributed by atoms with van der Waals surface area (Å²) in [5.74, 6) is 0.153. The van der Waals surface area contributed by atoms with Crippen LogP contribution in [-0.2, 0) is 0 Å². The van der Waals surface area contributed by atoms with Gasteiger partial charge >= 0.3 is 0 Å². The van der Waals surface area contributed by atoms with Crippen LogP contribution < -0.4 is 0 Å². The Balaban J connectivity index is 3.33. The van der Waals surface area contributed by atoms with Gasteiger partial charge in [-0.1, -0.05) is 71.9 Å². The molecule has 0 aliphatic carbocycles. The van der Waals surface area contributed by atoms with E-state index in [4.69, 9.17) is 0 Å². The molecule has 0 spiro atoms. The minimum absolute atomic E-state index is 0.000951. The molecule has 0 unspecified atom stereocenters. The molecule has 0 aliphatic rings. The van der Waals surface area contributed by atoms with E-state index in [9.17, 15) is 4.79 Å². The summed E-state index contributed by atoms with van der Waals surface area (Å²) in [6.45, 7) is 14.7. The SMILES string of the molecule is Cc1ccccc1C(=O)/C(=C/C(C)(C)C)C(C)(C)C. The summed E-state index contributed by atoms with van der Waals surface area (Å²) in [5.41, 5.74) is 2.60. The summed E-state index contributed by atoms with van der Waals surface area (Å²) in [6, 6.07) is 7.80. The van der Waals surface area contributed by atoms with E-state index in [1.807, 2.05) is 31.2 Å². The highest BCUT2D eigenvalue weighted by atomic mass is 16.1. The molecule has 0 radical (unpaired) electrons. The van der Waals surface area contributed by atoms with Gasteiger partial charge in [0.15, 0.2) is 5.78 Å². The molecule has 104 valence electrons. The van der Waals surface area contributed by atoms with Crippen molar-refractivity contribution in [3.63, 3.8) is 0 Å². The van der Waals surface area contributed by atoms with E-state index in [0.29, 0.717) is 0 Å². The molecule has 0 N–H and O–H groups in total. The third-order valence-corrected chi connectivity index (χ3v) is 3.02. The fourth-order valence-electron chi connectivity index (χ4n) is 2.03. The highest BCUT2D eigenvalue weighted by Gasteiger charge is 2.27. The number of carbonyl (C=O) groups is 1. The van der Waals surface area contributed by atoms with Gasteiger partial charge in [0.25, 0.3) is 0 Å². The summed E-state index contributed by atoms with van der Waals surface area (Å²) in [5, 5.41) is 0. The van der Waals surface area contributed by atoms with Crippen molar-refractivity contribution < 1.29 is 4.79 Å². The molecule has 19 heavy (non-hydrogen) atoms. The van der Waals surface area contributed by atoms with E-state index in [0.717, 1.165) is 16.7 Å². The molecule has 0 saturated heterocycles. The molecule has 0 aromatic heterocycles. The highest BCUT2D eigenvalue weighted by molar-refractivity contribution is 6.10. The van der Waals surface area contributed by atoms with Gasteiger partial charge in [-0.3, -0.25) is 4.79 Å². The lowest BCUT2D eigenvalue weighted by Gasteiger charge is -2.26. The van der Waals surface area contributed by atoms with Crippen molar-refractivity contribution in [2.45, 2.75) is 48.5 Å². The number of benzene rings is 1. The molecular formula is C18H26O. The number of ketones is 1. The van der Waals surface area contributed by atoms with Crippen molar-refractivity contribution >= 4 is 5.78 Å². The Bertz CT molecular complexity index is 493.